The van der Waals surface area contributed by atoms with E-state index in [4.69, 9.17) is 18.9 Å². The zero-order valence-corrected chi connectivity index (χ0v) is 24.5. The van der Waals surface area contributed by atoms with Gasteiger partial charge in [0.05, 0.1) is 18.6 Å². The number of cyclic esters (lactones) is 1. The highest BCUT2D eigenvalue weighted by molar-refractivity contribution is 5.97. The van der Waals surface area contributed by atoms with Gasteiger partial charge in [-0.25, -0.2) is 9.18 Å². The number of benzene rings is 3. The first-order chi connectivity index (χ1) is 20.1. The maximum atomic E-state index is 14.3. The maximum absolute atomic E-state index is 14.3. The minimum atomic E-state index is -0.992. The Labute approximate surface area is 245 Å². The van der Waals surface area contributed by atoms with E-state index in [1.165, 1.54) is 19.2 Å². The lowest BCUT2D eigenvalue weighted by Gasteiger charge is -2.35. The second-order valence-electron chi connectivity index (χ2n) is 11.7. The first-order valence-corrected chi connectivity index (χ1v) is 14.5. The summed E-state index contributed by atoms with van der Waals surface area (Å²) in [6, 6.07) is 12.9. The molecule has 42 heavy (non-hydrogen) atoms. The third-order valence-electron chi connectivity index (χ3n) is 8.14. The normalized spacial score (nSPS) is 16.7. The molecule has 1 saturated carbocycles. The molecule has 0 unspecified atom stereocenters. The SMILES string of the molecule is COc1c([C@@H](O)CC(C)C)ccc2c1C(=O)OCc1cc(C)cc(OC(=O)C3(c4cccc(F)c4)CCCCC3)c1O2. The number of hydrogen-bond donors (Lipinski definition) is 1. The molecule has 7 nitrogen and oxygen atoms in total. The number of esters is 2. The zero-order valence-electron chi connectivity index (χ0n) is 24.5. The molecule has 5 rings (SSSR count). The van der Waals surface area contributed by atoms with Crippen molar-refractivity contribution in [1.82, 2.24) is 0 Å². The fourth-order valence-electron chi connectivity index (χ4n) is 6.10. The molecule has 1 N–H and O–H groups in total. The van der Waals surface area contributed by atoms with E-state index in [2.05, 4.69) is 0 Å². The van der Waals surface area contributed by atoms with Gasteiger partial charge in [0.2, 0.25) is 0 Å². The predicted molar refractivity (Wildman–Crippen MR) is 155 cm³/mol. The third kappa shape index (κ3) is 5.73. The lowest BCUT2D eigenvalue weighted by atomic mass is 9.69. The molecular formula is C34H37FO7. The Balaban J connectivity index is 1.56. The van der Waals surface area contributed by atoms with Gasteiger partial charge in [-0.15, -0.1) is 0 Å². The van der Waals surface area contributed by atoms with E-state index >= 15 is 0 Å². The molecule has 222 valence electrons. The van der Waals surface area contributed by atoms with Crippen molar-refractivity contribution in [2.24, 2.45) is 5.92 Å². The van der Waals surface area contributed by atoms with Crippen LogP contribution in [0.15, 0.2) is 48.5 Å². The Bertz CT molecular complexity index is 1490. The minimum absolute atomic E-state index is 0.0461. The molecule has 1 aliphatic carbocycles. The zero-order chi connectivity index (χ0) is 30.0. The fourth-order valence-corrected chi connectivity index (χ4v) is 6.10. The van der Waals surface area contributed by atoms with Gasteiger partial charge < -0.3 is 24.1 Å². The molecule has 0 spiro atoms. The third-order valence-corrected chi connectivity index (χ3v) is 8.14. The van der Waals surface area contributed by atoms with Crippen LogP contribution in [0.1, 0.15) is 91.1 Å². The number of methoxy groups -OCH3 is 1. The van der Waals surface area contributed by atoms with Gasteiger partial charge in [-0.05, 0) is 79.6 Å². The number of aliphatic hydroxyl groups excluding tert-OH is 1. The molecule has 0 amide bonds. The van der Waals surface area contributed by atoms with E-state index in [1.54, 1.807) is 30.3 Å². The molecule has 1 atom stereocenters. The van der Waals surface area contributed by atoms with Crippen LogP contribution in [0.25, 0.3) is 0 Å². The Hall–Kier alpha value is -3.91. The summed E-state index contributed by atoms with van der Waals surface area (Å²) in [6.07, 6.45) is 3.34. The Morgan fingerprint density at radius 2 is 1.86 bits per heavy atom. The molecule has 1 fully saturated rings. The molecule has 8 heteroatoms. The van der Waals surface area contributed by atoms with Gasteiger partial charge in [0, 0.05) is 11.1 Å². The average molecular weight is 577 g/mol. The molecule has 3 aromatic carbocycles. The standard InChI is InChI=1S/C34H37FO7/c1-20(2)15-26(36)25-11-12-27-29(31(25)39-4)32(37)40-19-22-16-21(3)17-28(30(22)41-27)42-33(38)34(13-6-5-7-14-34)23-9-8-10-24(35)18-23/h8-12,16-18,20,26,36H,5-7,13-15,19H2,1-4H3/t26-/m0/s1. The summed E-state index contributed by atoms with van der Waals surface area (Å²) in [5.41, 5.74) is 1.42. The Kier molecular flexibility index (Phi) is 8.55. The summed E-state index contributed by atoms with van der Waals surface area (Å²) in [5, 5.41) is 10.9. The van der Waals surface area contributed by atoms with Crippen LogP contribution in [-0.2, 0) is 21.6 Å². The van der Waals surface area contributed by atoms with Crippen LogP contribution in [0.2, 0.25) is 0 Å². The van der Waals surface area contributed by atoms with Gasteiger partial charge in [0.1, 0.15) is 29.5 Å². The summed E-state index contributed by atoms with van der Waals surface area (Å²) < 4.78 is 38.0. The van der Waals surface area contributed by atoms with Crippen LogP contribution in [0.3, 0.4) is 0 Å². The van der Waals surface area contributed by atoms with Crippen LogP contribution in [0, 0.1) is 18.7 Å². The number of ether oxygens (including phenoxy) is 4. The molecule has 3 aromatic rings. The van der Waals surface area contributed by atoms with Crippen LogP contribution in [0.5, 0.6) is 23.0 Å². The highest BCUT2D eigenvalue weighted by Crippen LogP contribution is 2.46. The van der Waals surface area contributed by atoms with Crippen molar-refractivity contribution in [3.8, 4) is 23.0 Å². The van der Waals surface area contributed by atoms with Crippen molar-refractivity contribution in [3.05, 3.63) is 82.2 Å². The van der Waals surface area contributed by atoms with Crippen molar-refractivity contribution < 1.29 is 38.0 Å². The van der Waals surface area contributed by atoms with Gasteiger partial charge in [0.25, 0.3) is 0 Å². The number of fused-ring (bicyclic) bond motifs is 2. The lowest BCUT2D eigenvalue weighted by molar-refractivity contribution is -0.142. The van der Waals surface area contributed by atoms with Crippen LogP contribution in [0.4, 0.5) is 4.39 Å². The molecule has 0 saturated heterocycles. The molecule has 1 heterocycles. The summed E-state index contributed by atoms with van der Waals surface area (Å²) in [6.45, 7) is 5.71. The van der Waals surface area contributed by atoms with E-state index < -0.39 is 29.3 Å². The van der Waals surface area contributed by atoms with Crippen molar-refractivity contribution in [2.45, 2.75) is 77.4 Å². The first kappa shape index (κ1) is 29.6. The molecule has 1 aliphatic heterocycles. The molecule has 0 radical (unpaired) electrons. The van der Waals surface area contributed by atoms with Gasteiger partial charge in [0.15, 0.2) is 11.5 Å². The van der Waals surface area contributed by atoms with E-state index in [0.717, 1.165) is 24.8 Å². The second-order valence-corrected chi connectivity index (χ2v) is 11.7. The largest absolute Gasteiger partial charge is 0.495 e. The van der Waals surface area contributed by atoms with Crippen LogP contribution >= 0.6 is 0 Å². The maximum Gasteiger partial charge on any atom is 0.346 e. The topological polar surface area (TPSA) is 91.3 Å². The highest BCUT2D eigenvalue weighted by atomic mass is 19.1. The van der Waals surface area contributed by atoms with Gasteiger partial charge in [-0.2, -0.15) is 0 Å². The monoisotopic (exact) mass is 576 g/mol. The molecule has 0 bridgehead atoms. The summed E-state index contributed by atoms with van der Waals surface area (Å²) in [7, 11) is 1.42. The lowest BCUT2D eigenvalue weighted by Crippen LogP contribution is -2.41. The van der Waals surface area contributed by atoms with Gasteiger partial charge in [-0.3, -0.25) is 4.79 Å². The summed E-state index contributed by atoms with van der Waals surface area (Å²) in [5.74, 6) is -0.578. The van der Waals surface area contributed by atoms with Crippen molar-refractivity contribution in [2.75, 3.05) is 7.11 Å². The fraction of sp³-hybridized carbons (Fsp3) is 0.412. The quantitative estimate of drug-likeness (QED) is 0.230. The number of rotatable bonds is 7. The summed E-state index contributed by atoms with van der Waals surface area (Å²) >= 11 is 0. The van der Waals surface area contributed by atoms with Crippen LogP contribution < -0.4 is 14.2 Å². The smallest absolute Gasteiger partial charge is 0.346 e. The number of aliphatic hydroxyl groups is 1. The average Bonchev–Trinajstić information content (AvgIpc) is 2.96. The van der Waals surface area contributed by atoms with Gasteiger partial charge >= 0.3 is 11.9 Å². The predicted octanol–water partition coefficient (Wildman–Crippen LogP) is 7.49. The van der Waals surface area contributed by atoms with Crippen molar-refractivity contribution >= 4 is 11.9 Å². The van der Waals surface area contributed by atoms with E-state index in [9.17, 15) is 19.1 Å². The number of aryl methyl sites for hydroxylation is 1. The molecule has 2 aliphatic rings. The highest BCUT2D eigenvalue weighted by Gasteiger charge is 2.44. The number of hydrogen-bond acceptors (Lipinski definition) is 7. The second kappa shape index (κ2) is 12.1. The summed E-state index contributed by atoms with van der Waals surface area (Å²) in [4.78, 5) is 27.3. The van der Waals surface area contributed by atoms with E-state index in [-0.39, 0.29) is 41.1 Å². The Morgan fingerprint density at radius 1 is 1.10 bits per heavy atom. The number of halogens is 1. The Morgan fingerprint density at radius 3 is 2.55 bits per heavy atom. The van der Waals surface area contributed by atoms with E-state index in [1.807, 2.05) is 26.8 Å². The van der Waals surface area contributed by atoms with Crippen molar-refractivity contribution in [1.29, 1.82) is 0 Å². The number of carbonyl (C=O) groups excluding carboxylic acids is 2. The van der Waals surface area contributed by atoms with E-state index in [0.29, 0.717) is 36.0 Å². The first-order valence-electron chi connectivity index (χ1n) is 14.5. The van der Waals surface area contributed by atoms with Crippen molar-refractivity contribution in [3.63, 3.8) is 0 Å². The minimum Gasteiger partial charge on any atom is -0.495 e. The molecular weight excluding hydrogens is 539 g/mol. The number of carbonyl (C=O) groups is 2. The van der Waals surface area contributed by atoms with Crippen LogP contribution in [-0.4, -0.2) is 24.2 Å². The molecule has 0 aromatic heterocycles. The van der Waals surface area contributed by atoms with Gasteiger partial charge in [-0.1, -0.05) is 45.2 Å².